The second-order valence-electron chi connectivity index (χ2n) is 5.89. The van der Waals surface area contributed by atoms with E-state index < -0.39 is 0 Å². The molecule has 0 amide bonds. The van der Waals surface area contributed by atoms with Crippen molar-refractivity contribution in [3.05, 3.63) is 40.8 Å². The van der Waals surface area contributed by atoms with Gasteiger partial charge in [-0.3, -0.25) is 4.68 Å². The van der Waals surface area contributed by atoms with E-state index in [2.05, 4.69) is 10.4 Å². The predicted octanol–water partition coefficient (Wildman–Crippen LogP) is 2.79. The van der Waals surface area contributed by atoms with E-state index in [-0.39, 0.29) is 11.9 Å². The van der Waals surface area contributed by atoms with E-state index in [0.29, 0.717) is 12.3 Å². The number of rotatable bonds is 6. The summed E-state index contributed by atoms with van der Waals surface area (Å²) in [5, 5.41) is 7.92. The molecule has 1 heterocycles. The van der Waals surface area contributed by atoms with Crippen molar-refractivity contribution in [3.8, 4) is 5.75 Å². The summed E-state index contributed by atoms with van der Waals surface area (Å²) in [6.45, 7) is 4.64. The SMILES string of the molecule is COc1ccc(F)cc1[C@H](C)NCc1c(C)nn(C)c1N(C)C. The van der Waals surface area contributed by atoms with Crippen molar-refractivity contribution in [2.24, 2.45) is 7.05 Å². The fourth-order valence-electron chi connectivity index (χ4n) is 2.86. The van der Waals surface area contributed by atoms with Gasteiger partial charge in [-0.05, 0) is 32.0 Å². The van der Waals surface area contributed by atoms with Crippen LogP contribution in [0.25, 0.3) is 0 Å². The lowest BCUT2D eigenvalue weighted by atomic mass is 10.1. The Morgan fingerprint density at radius 1 is 1.39 bits per heavy atom. The van der Waals surface area contributed by atoms with E-state index in [9.17, 15) is 4.39 Å². The molecule has 1 aromatic heterocycles. The topological polar surface area (TPSA) is 42.3 Å². The number of nitrogens with zero attached hydrogens (tertiary/aromatic N) is 3. The van der Waals surface area contributed by atoms with E-state index in [0.717, 1.165) is 22.6 Å². The maximum atomic E-state index is 13.5. The Morgan fingerprint density at radius 3 is 2.70 bits per heavy atom. The number of aryl methyl sites for hydroxylation is 2. The Bertz CT molecular complexity index is 681. The van der Waals surface area contributed by atoms with Gasteiger partial charge in [-0.1, -0.05) is 0 Å². The molecule has 0 spiro atoms. The molecule has 1 N–H and O–H groups in total. The number of methoxy groups -OCH3 is 1. The van der Waals surface area contributed by atoms with Crippen molar-refractivity contribution in [2.45, 2.75) is 26.4 Å². The van der Waals surface area contributed by atoms with Gasteiger partial charge in [-0.15, -0.1) is 0 Å². The molecular weight excluding hydrogens is 295 g/mol. The van der Waals surface area contributed by atoms with Crippen LogP contribution in [-0.2, 0) is 13.6 Å². The lowest BCUT2D eigenvalue weighted by molar-refractivity contribution is 0.399. The third kappa shape index (κ3) is 3.64. The molecule has 2 rings (SSSR count). The van der Waals surface area contributed by atoms with Gasteiger partial charge in [0.15, 0.2) is 0 Å². The first-order chi connectivity index (χ1) is 10.8. The summed E-state index contributed by atoms with van der Waals surface area (Å²) in [4.78, 5) is 2.05. The molecule has 1 atom stereocenters. The number of nitrogens with one attached hydrogen (secondary N) is 1. The molecule has 6 heteroatoms. The van der Waals surface area contributed by atoms with E-state index in [4.69, 9.17) is 4.74 Å². The van der Waals surface area contributed by atoms with Crippen LogP contribution in [0.2, 0.25) is 0 Å². The smallest absolute Gasteiger partial charge is 0.130 e. The maximum Gasteiger partial charge on any atom is 0.130 e. The quantitative estimate of drug-likeness (QED) is 0.889. The largest absolute Gasteiger partial charge is 0.496 e. The van der Waals surface area contributed by atoms with Crippen molar-refractivity contribution in [1.82, 2.24) is 15.1 Å². The van der Waals surface area contributed by atoms with Gasteiger partial charge >= 0.3 is 0 Å². The van der Waals surface area contributed by atoms with Crippen LogP contribution in [-0.4, -0.2) is 31.0 Å². The monoisotopic (exact) mass is 320 g/mol. The van der Waals surface area contributed by atoms with Gasteiger partial charge in [-0.2, -0.15) is 5.10 Å². The Balaban J connectivity index is 2.20. The fourth-order valence-corrected chi connectivity index (χ4v) is 2.86. The minimum Gasteiger partial charge on any atom is -0.496 e. The third-order valence-electron chi connectivity index (χ3n) is 3.98. The summed E-state index contributed by atoms with van der Waals surface area (Å²) in [7, 11) is 7.53. The average Bonchev–Trinajstić information content (AvgIpc) is 2.78. The Morgan fingerprint density at radius 2 is 2.09 bits per heavy atom. The molecule has 0 radical (unpaired) electrons. The molecule has 0 fully saturated rings. The van der Waals surface area contributed by atoms with E-state index in [1.807, 2.05) is 44.6 Å². The van der Waals surface area contributed by atoms with E-state index in [1.165, 1.54) is 12.1 Å². The number of ether oxygens (including phenoxy) is 1. The van der Waals surface area contributed by atoms with Gasteiger partial charge in [0.2, 0.25) is 0 Å². The summed E-state index contributed by atoms with van der Waals surface area (Å²) in [5.41, 5.74) is 2.93. The number of benzene rings is 1. The highest BCUT2D eigenvalue weighted by Gasteiger charge is 2.17. The van der Waals surface area contributed by atoms with Gasteiger partial charge in [0.25, 0.3) is 0 Å². The van der Waals surface area contributed by atoms with Gasteiger partial charge in [0, 0.05) is 44.9 Å². The molecule has 0 aliphatic carbocycles. The van der Waals surface area contributed by atoms with Crippen molar-refractivity contribution >= 4 is 5.82 Å². The molecule has 0 aliphatic rings. The summed E-state index contributed by atoms with van der Waals surface area (Å²) < 4.78 is 20.7. The third-order valence-corrected chi connectivity index (χ3v) is 3.98. The molecule has 126 valence electrons. The first-order valence-corrected chi connectivity index (χ1v) is 7.61. The summed E-state index contributed by atoms with van der Waals surface area (Å²) in [6, 6.07) is 4.53. The van der Waals surface area contributed by atoms with Crippen LogP contribution in [0, 0.1) is 12.7 Å². The van der Waals surface area contributed by atoms with Crippen LogP contribution in [0.4, 0.5) is 10.2 Å². The molecular formula is C17H25FN4O. The van der Waals surface area contributed by atoms with E-state index in [1.54, 1.807) is 13.2 Å². The van der Waals surface area contributed by atoms with Crippen molar-refractivity contribution in [2.75, 3.05) is 26.1 Å². The molecule has 0 bridgehead atoms. The second kappa shape index (κ2) is 7.00. The summed E-state index contributed by atoms with van der Waals surface area (Å²) in [6.07, 6.45) is 0. The van der Waals surface area contributed by atoms with Crippen LogP contribution in [0.15, 0.2) is 18.2 Å². The van der Waals surface area contributed by atoms with Gasteiger partial charge in [0.1, 0.15) is 17.4 Å². The first kappa shape index (κ1) is 17.3. The highest BCUT2D eigenvalue weighted by Crippen LogP contribution is 2.27. The molecule has 23 heavy (non-hydrogen) atoms. The standard InChI is InChI=1S/C17H25FN4O/c1-11(14-9-13(18)7-8-16(14)23-6)19-10-15-12(2)20-22(5)17(15)21(3)4/h7-9,11,19H,10H2,1-6H3/t11-/m0/s1. The summed E-state index contributed by atoms with van der Waals surface area (Å²) >= 11 is 0. The predicted molar refractivity (Wildman–Crippen MR) is 90.5 cm³/mol. The van der Waals surface area contributed by atoms with Crippen molar-refractivity contribution in [1.29, 1.82) is 0 Å². The molecule has 5 nitrogen and oxygen atoms in total. The number of anilines is 1. The van der Waals surface area contributed by atoms with Crippen molar-refractivity contribution in [3.63, 3.8) is 0 Å². The number of halogens is 1. The highest BCUT2D eigenvalue weighted by atomic mass is 19.1. The average molecular weight is 320 g/mol. The Hall–Kier alpha value is -2.08. The number of aromatic nitrogens is 2. The van der Waals surface area contributed by atoms with E-state index >= 15 is 0 Å². The zero-order valence-electron chi connectivity index (χ0n) is 14.6. The Kier molecular flexibility index (Phi) is 5.26. The molecule has 0 aliphatic heterocycles. The van der Waals surface area contributed by atoms with Gasteiger partial charge in [0.05, 0.1) is 12.8 Å². The maximum absolute atomic E-state index is 13.5. The first-order valence-electron chi connectivity index (χ1n) is 7.61. The molecule has 2 aromatic rings. The number of hydrogen-bond acceptors (Lipinski definition) is 4. The van der Waals surface area contributed by atoms with Crippen molar-refractivity contribution < 1.29 is 9.13 Å². The second-order valence-corrected chi connectivity index (χ2v) is 5.89. The zero-order valence-corrected chi connectivity index (χ0v) is 14.6. The lowest BCUT2D eigenvalue weighted by Crippen LogP contribution is -2.22. The van der Waals surface area contributed by atoms with Gasteiger partial charge in [-0.25, -0.2) is 4.39 Å². The molecule has 0 unspecified atom stereocenters. The molecule has 0 saturated carbocycles. The molecule has 0 saturated heterocycles. The lowest BCUT2D eigenvalue weighted by Gasteiger charge is -2.19. The number of hydrogen-bond donors (Lipinski definition) is 1. The van der Waals surface area contributed by atoms with Crippen LogP contribution in [0.3, 0.4) is 0 Å². The van der Waals surface area contributed by atoms with Gasteiger partial charge < -0.3 is 15.0 Å². The van der Waals surface area contributed by atoms with Crippen LogP contribution in [0.1, 0.15) is 29.8 Å². The normalized spacial score (nSPS) is 12.3. The van der Waals surface area contributed by atoms with Crippen LogP contribution in [0.5, 0.6) is 5.75 Å². The molecule has 1 aromatic carbocycles. The summed E-state index contributed by atoms with van der Waals surface area (Å²) in [5.74, 6) is 1.48. The van der Waals surface area contributed by atoms with Crippen LogP contribution < -0.4 is 15.0 Å². The minimum absolute atomic E-state index is 0.0460. The Labute approximate surface area is 137 Å². The minimum atomic E-state index is -0.263. The zero-order chi connectivity index (χ0) is 17.1. The highest BCUT2D eigenvalue weighted by molar-refractivity contribution is 5.49. The van der Waals surface area contributed by atoms with Crippen LogP contribution >= 0.6 is 0 Å². The fraction of sp³-hybridized carbons (Fsp3) is 0.471.